The van der Waals surface area contributed by atoms with Crippen LogP contribution in [0, 0.1) is 0 Å². The fraction of sp³-hybridized carbons (Fsp3) is 0.176. The summed E-state index contributed by atoms with van der Waals surface area (Å²) in [6.07, 6.45) is 0. The van der Waals surface area contributed by atoms with Crippen molar-refractivity contribution in [3.63, 3.8) is 0 Å². The molecule has 3 rings (SSSR count). The molecular weight excluding hydrogens is 364 g/mol. The van der Waals surface area contributed by atoms with Crippen LogP contribution in [0.15, 0.2) is 53.4 Å². The van der Waals surface area contributed by atoms with E-state index in [4.69, 9.17) is 11.6 Å². The van der Waals surface area contributed by atoms with Crippen LogP contribution in [0.25, 0.3) is 0 Å². The standard InChI is InChI=1S/C17H15ClN2O4S/c1-11(12-6-2-4-8-14(12)18)19-16(21)10-20-17(22)13-7-3-5-9-15(13)25(20,23)24/h2-9,11H,10H2,1H3,(H,19,21)/t11-/m1/s1. The predicted molar refractivity (Wildman–Crippen MR) is 92.7 cm³/mol. The highest BCUT2D eigenvalue weighted by atomic mass is 35.5. The lowest BCUT2D eigenvalue weighted by atomic mass is 10.1. The highest BCUT2D eigenvalue weighted by molar-refractivity contribution is 7.90. The van der Waals surface area contributed by atoms with Crippen molar-refractivity contribution in [1.29, 1.82) is 0 Å². The molecule has 130 valence electrons. The zero-order valence-electron chi connectivity index (χ0n) is 13.3. The molecule has 1 atom stereocenters. The Morgan fingerprint density at radius 3 is 2.48 bits per heavy atom. The Bertz CT molecular complexity index is 959. The average molecular weight is 379 g/mol. The van der Waals surface area contributed by atoms with Crippen LogP contribution in [0.1, 0.15) is 28.9 Å². The SMILES string of the molecule is C[C@@H](NC(=O)CN1C(=O)c2ccccc2S1(=O)=O)c1ccccc1Cl. The summed E-state index contributed by atoms with van der Waals surface area (Å²) in [5.74, 6) is -1.28. The normalized spacial score (nSPS) is 16.4. The maximum Gasteiger partial charge on any atom is 0.269 e. The van der Waals surface area contributed by atoms with E-state index in [1.165, 1.54) is 18.2 Å². The fourth-order valence-corrected chi connectivity index (χ4v) is 4.53. The minimum Gasteiger partial charge on any atom is -0.348 e. The monoisotopic (exact) mass is 378 g/mol. The van der Waals surface area contributed by atoms with Crippen LogP contribution >= 0.6 is 11.6 Å². The van der Waals surface area contributed by atoms with Gasteiger partial charge < -0.3 is 5.32 Å². The van der Waals surface area contributed by atoms with E-state index < -0.39 is 34.4 Å². The molecule has 0 radical (unpaired) electrons. The molecule has 1 aliphatic rings. The van der Waals surface area contributed by atoms with Crippen LogP contribution in [0.4, 0.5) is 0 Å². The van der Waals surface area contributed by atoms with Crippen molar-refractivity contribution >= 4 is 33.4 Å². The Morgan fingerprint density at radius 2 is 1.80 bits per heavy atom. The maximum absolute atomic E-state index is 12.4. The Morgan fingerprint density at radius 1 is 1.16 bits per heavy atom. The molecule has 25 heavy (non-hydrogen) atoms. The first-order chi connectivity index (χ1) is 11.8. The Labute approximate surface area is 150 Å². The summed E-state index contributed by atoms with van der Waals surface area (Å²) in [6, 6.07) is 12.5. The number of sulfonamides is 1. The van der Waals surface area contributed by atoms with E-state index in [2.05, 4.69) is 5.32 Å². The highest BCUT2D eigenvalue weighted by Gasteiger charge is 2.41. The van der Waals surface area contributed by atoms with E-state index in [9.17, 15) is 18.0 Å². The van der Waals surface area contributed by atoms with Crippen molar-refractivity contribution in [3.05, 3.63) is 64.7 Å². The van der Waals surface area contributed by atoms with Gasteiger partial charge in [0.05, 0.1) is 11.6 Å². The van der Waals surface area contributed by atoms with Gasteiger partial charge in [-0.1, -0.05) is 41.9 Å². The van der Waals surface area contributed by atoms with E-state index in [0.717, 1.165) is 0 Å². The summed E-state index contributed by atoms with van der Waals surface area (Å²) in [7, 11) is -4.00. The molecule has 6 nitrogen and oxygen atoms in total. The topological polar surface area (TPSA) is 83.6 Å². The molecule has 8 heteroatoms. The van der Waals surface area contributed by atoms with Crippen LogP contribution in [-0.2, 0) is 14.8 Å². The lowest BCUT2D eigenvalue weighted by Gasteiger charge is -2.19. The highest BCUT2D eigenvalue weighted by Crippen LogP contribution is 2.29. The van der Waals surface area contributed by atoms with Gasteiger partial charge >= 0.3 is 0 Å². The van der Waals surface area contributed by atoms with Gasteiger partial charge in [-0.05, 0) is 30.7 Å². The Balaban J connectivity index is 1.76. The zero-order chi connectivity index (χ0) is 18.2. The van der Waals surface area contributed by atoms with Gasteiger partial charge in [-0.3, -0.25) is 9.59 Å². The summed E-state index contributed by atoms with van der Waals surface area (Å²) < 4.78 is 25.5. The second-order valence-corrected chi connectivity index (χ2v) is 7.86. The van der Waals surface area contributed by atoms with E-state index in [0.29, 0.717) is 14.9 Å². The molecule has 2 aromatic carbocycles. The van der Waals surface area contributed by atoms with E-state index in [1.807, 2.05) is 0 Å². The maximum atomic E-state index is 12.4. The summed E-state index contributed by atoms with van der Waals surface area (Å²) in [5.41, 5.74) is 0.783. The molecule has 2 aromatic rings. The molecular formula is C17H15ClN2O4S. The van der Waals surface area contributed by atoms with E-state index in [1.54, 1.807) is 37.3 Å². The molecule has 0 aromatic heterocycles. The second-order valence-electron chi connectivity index (χ2n) is 5.62. The van der Waals surface area contributed by atoms with Crippen molar-refractivity contribution in [2.75, 3.05) is 6.54 Å². The molecule has 0 saturated carbocycles. The third-order valence-corrected chi connectivity index (χ3v) is 6.08. The minimum absolute atomic E-state index is 0.0769. The number of fused-ring (bicyclic) bond motifs is 1. The first kappa shape index (κ1) is 17.4. The molecule has 2 amide bonds. The van der Waals surface area contributed by atoms with Crippen LogP contribution in [0.2, 0.25) is 5.02 Å². The number of carbonyl (C=O) groups excluding carboxylic acids is 2. The van der Waals surface area contributed by atoms with Crippen molar-refractivity contribution in [1.82, 2.24) is 9.62 Å². The number of nitrogens with one attached hydrogen (secondary N) is 1. The molecule has 0 bridgehead atoms. The van der Waals surface area contributed by atoms with Crippen LogP contribution < -0.4 is 5.32 Å². The van der Waals surface area contributed by atoms with Crippen molar-refractivity contribution in [2.24, 2.45) is 0 Å². The molecule has 1 aliphatic heterocycles. The fourth-order valence-electron chi connectivity index (χ4n) is 2.71. The van der Waals surface area contributed by atoms with Gasteiger partial charge in [0.2, 0.25) is 5.91 Å². The quantitative estimate of drug-likeness (QED) is 0.885. The molecule has 0 spiro atoms. The van der Waals surface area contributed by atoms with Crippen molar-refractivity contribution in [2.45, 2.75) is 17.9 Å². The average Bonchev–Trinajstić information content (AvgIpc) is 2.76. The summed E-state index contributed by atoms with van der Waals surface area (Å²) in [4.78, 5) is 24.5. The Hall–Kier alpha value is -2.38. The van der Waals surface area contributed by atoms with Gasteiger partial charge in [0.1, 0.15) is 11.4 Å². The number of rotatable bonds is 4. The second kappa shape index (κ2) is 6.50. The number of amides is 2. The number of halogens is 1. The molecule has 0 aliphatic carbocycles. The van der Waals surface area contributed by atoms with Crippen molar-refractivity contribution in [3.8, 4) is 0 Å². The molecule has 1 heterocycles. The molecule has 0 saturated heterocycles. The summed E-state index contributed by atoms with van der Waals surface area (Å²) in [6.45, 7) is 1.15. The smallest absolute Gasteiger partial charge is 0.269 e. The number of hydrogen-bond acceptors (Lipinski definition) is 4. The summed E-state index contributed by atoms with van der Waals surface area (Å²) in [5, 5.41) is 3.16. The van der Waals surface area contributed by atoms with Crippen LogP contribution in [-0.4, -0.2) is 31.1 Å². The number of benzene rings is 2. The van der Waals surface area contributed by atoms with Gasteiger partial charge in [0.25, 0.3) is 15.9 Å². The van der Waals surface area contributed by atoms with Crippen molar-refractivity contribution < 1.29 is 18.0 Å². The van der Waals surface area contributed by atoms with Gasteiger partial charge in [-0.25, -0.2) is 12.7 Å². The van der Waals surface area contributed by atoms with Gasteiger partial charge in [0, 0.05) is 5.02 Å². The molecule has 0 unspecified atom stereocenters. The zero-order valence-corrected chi connectivity index (χ0v) is 14.8. The van der Waals surface area contributed by atoms with Gasteiger partial charge in [0.15, 0.2) is 0 Å². The number of hydrogen-bond donors (Lipinski definition) is 1. The summed E-state index contributed by atoms with van der Waals surface area (Å²) >= 11 is 6.09. The van der Waals surface area contributed by atoms with E-state index in [-0.39, 0.29) is 10.5 Å². The minimum atomic E-state index is -4.00. The number of carbonyl (C=O) groups is 2. The molecule has 1 N–H and O–H groups in total. The third-order valence-electron chi connectivity index (χ3n) is 3.95. The van der Waals surface area contributed by atoms with Crippen LogP contribution in [0.3, 0.4) is 0 Å². The van der Waals surface area contributed by atoms with E-state index >= 15 is 0 Å². The van der Waals surface area contributed by atoms with Gasteiger partial charge in [-0.2, -0.15) is 0 Å². The largest absolute Gasteiger partial charge is 0.348 e. The molecule has 0 fully saturated rings. The third kappa shape index (κ3) is 3.12. The first-order valence-electron chi connectivity index (χ1n) is 7.52. The van der Waals surface area contributed by atoms with Crippen LogP contribution in [0.5, 0.6) is 0 Å². The lowest BCUT2D eigenvalue weighted by Crippen LogP contribution is -2.41. The van der Waals surface area contributed by atoms with Gasteiger partial charge in [-0.15, -0.1) is 0 Å². The Kier molecular flexibility index (Phi) is 4.53. The predicted octanol–water partition coefficient (Wildman–Crippen LogP) is 2.36. The number of nitrogens with zero attached hydrogens (tertiary/aromatic N) is 1. The lowest BCUT2D eigenvalue weighted by molar-refractivity contribution is -0.121. The first-order valence-corrected chi connectivity index (χ1v) is 9.34.